The summed E-state index contributed by atoms with van der Waals surface area (Å²) < 4.78 is 29.3. The highest BCUT2D eigenvalue weighted by Gasteiger charge is 2.28. The average molecular weight is 315 g/mol. The second kappa shape index (κ2) is 7.96. The first-order chi connectivity index (χ1) is 9.92. The molecule has 6 heteroatoms. The summed E-state index contributed by atoms with van der Waals surface area (Å²) in [7, 11) is -1.55. The third kappa shape index (κ3) is 4.08. The number of aromatic nitrogens is 1. The van der Waals surface area contributed by atoms with Crippen molar-refractivity contribution >= 4 is 10.0 Å². The second-order valence-corrected chi connectivity index (χ2v) is 7.25. The number of nitrogens with one attached hydrogen (secondary N) is 1. The van der Waals surface area contributed by atoms with Crippen LogP contribution in [0.1, 0.15) is 46.2 Å². The molecule has 1 heterocycles. The van der Waals surface area contributed by atoms with Crippen molar-refractivity contribution < 1.29 is 8.42 Å². The number of rotatable bonds is 9. The Balaban J connectivity index is 3.21. The highest BCUT2D eigenvalue weighted by molar-refractivity contribution is 7.89. The van der Waals surface area contributed by atoms with E-state index >= 15 is 0 Å². The van der Waals surface area contributed by atoms with Gasteiger partial charge in [0.2, 0.25) is 10.0 Å². The van der Waals surface area contributed by atoms with Crippen LogP contribution in [-0.4, -0.2) is 36.9 Å². The highest BCUT2D eigenvalue weighted by atomic mass is 32.2. The van der Waals surface area contributed by atoms with Crippen molar-refractivity contribution in [3.8, 4) is 0 Å². The minimum absolute atomic E-state index is 0.0160. The molecule has 0 aliphatic carbocycles. The number of hydrogen-bond acceptors (Lipinski definition) is 3. The van der Waals surface area contributed by atoms with Gasteiger partial charge in [-0.25, -0.2) is 8.42 Å². The molecule has 0 aliphatic rings. The Labute approximate surface area is 129 Å². The maximum atomic E-state index is 12.8. The molecule has 1 rings (SSSR count). The molecule has 1 aromatic heterocycles. The minimum Gasteiger partial charge on any atom is -0.349 e. The Morgan fingerprint density at radius 1 is 1.33 bits per heavy atom. The van der Waals surface area contributed by atoms with Gasteiger partial charge in [0.15, 0.2) is 0 Å². The third-order valence-electron chi connectivity index (χ3n) is 3.78. The van der Waals surface area contributed by atoms with Gasteiger partial charge in [-0.3, -0.25) is 0 Å². The molecule has 0 saturated heterocycles. The topological polar surface area (TPSA) is 54.3 Å². The van der Waals surface area contributed by atoms with Gasteiger partial charge in [-0.1, -0.05) is 20.8 Å². The molecular weight excluding hydrogens is 286 g/mol. The monoisotopic (exact) mass is 315 g/mol. The van der Waals surface area contributed by atoms with E-state index in [1.165, 1.54) is 0 Å². The Bertz CT molecular complexity index is 514. The molecule has 1 unspecified atom stereocenters. The van der Waals surface area contributed by atoms with Crippen molar-refractivity contribution in [3.63, 3.8) is 0 Å². The smallest absolute Gasteiger partial charge is 0.244 e. The number of aryl methyl sites for hydroxylation is 1. The molecule has 1 N–H and O–H groups in total. The summed E-state index contributed by atoms with van der Waals surface area (Å²) in [5, 5.41) is 3.10. The van der Waals surface area contributed by atoms with Crippen LogP contribution in [0.5, 0.6) is 0 Å². The van der Waals surface area contributed by atoms with Gasteiger partial charge in [-0.2, -0.15) is 4.31 Å². The van der Waals surface area contributed by atoms with E-state index in [9.17, 15) is 8.42 Å². The van der Waals surface area contributed by atoms with Crippen molar-refractivity contribution in [1.82, 2.24) is 14.2 Å². The van der Waals surface area contributed by atoms with E-state index in [0.717, 1.165) is 25.1 Å². The zero-order valence-electron chi connectivity index (χ0n) is 13.9. The Kier molecular flexibility index (Phi) is 6.90. The van der Waals surface area contributed by atoms with Crippen molar-refractivity contribution in [3.05, 3.63) is 18.0 Å². The molecule has 5 nitrogen and oxygen atoms in total. The quantitative estimate of drug-likeness (QED) is 0.761. The molecule has 0 radical (unpaired) electrons. The van der Waals surface area contributed by atoms with E-state index in [-0.39, 0.29) is 6.04 Å². The predicted octanol–water partition coefficient (Wildman–Crippen LogP) is 2.43. The first kappa shape index (κ1) is 18.2. The molecular formula is C15H29N3O2S. The average Bonchev–Trinajstić information content (AvgIpc) is 2.84. The molecule has 0 spiro atoms. The normalized spacial score (nSPS) is 13.8. The van der Waals surface area contributed by atoms with Crippen molar-refractivity contribution in [2.45, 2.75) is 64.6 Å². The predicted molar refractivity (Wildman–Crippen MR) is 86.8 cm³/mol. The molecule has 1 aromatic rings. The highest BCUT2D eigenvalue weighted by Crippen LogP contribution is 2.22. The molecule has 1 atom stereocenters. The van der Waals surface area contributed by atoms with Crippen LogP contribution in [0.15, 0.2) is 17.2 Å². The van der Waals surface area contributed by atoms with Crippen LogP contribution in [0.2, 0.25) is 0 Å². The number of hydrogen-bond donors (Lipinski definition) is 1. The first-order valence-electron chi connectivity index (χ1n) is 7.77. The lowest BCUT2D eigenvalue weighted by Gasteiger charge is -2.25. The maximum absolute atomic E-state index is 12.8. The lowest BCUT2D eigenvalue weighted by atomic mass is 10.3. The van der Waals surface area contributed by atoms with Crippen LogP contribution in [-0.2, 0) is 23.1 Å². The summed E-state index contributed by atoms with van der Waals surface area (Å²) in [6, 6.07) is 1.81. The van der Waals surface area contributed by atoms with Gasteiger partial charge < -0.3 is 9.88 Å². The molecule has 0 aromatic carbocycles. The summed E-state index contributed by atoms with van der Waals surface area (Å²) >= 11 is 0. The van der Waals surface area contributed by atoms with Crippen LogP contribution >= 0.6 is 0 Å². The van der Waals surface area contributed by atoms with Gasteiger partial charge in [0, 0.05) is 37.6 Å². The molecule has 0 aliphatic heterocycles. The Morgan fingerprint density at radius 2 is 2.00 bits per heavy atom. The van der Waals surface area contributed by atoms with Crippen molar-refractivity contribution in [2.75, 3.05) is 13.6 Å². The van der Waals surface area contributed by atoms with Gasteiger partial charge >= 0.3 is 0 Å². The van der Waals surface area contributed by atoms with E-state index in [2.05, 4.69) is 12.2 Å². The second-order valence-electron chi connectivity index (χ2n) is 5.36. The fraction of sp³-hybridized carbons (Fsp3) is 0.733. The lowest BCUT2D eigenvalue weighted by molar-refractivity contribution is 0.342. The minimum atomic E-state index is -3.42. The van der Waals surface area contributed by atoms with Gasteiger partial charge in [0.1, 0.15) is 4.90 Å². The van der Waals surface area contributed by atoms with Gasteiger partial charge in [-0.15, -0.1) is 0 Å². The van der Waals surface area contributed by atoms with Crippen molar-refractivity contribution in [2.24, 2.45) is 0 Å². The molecule has 21 heavy (non-hydrogen) atoms. The van der Waals surface area contributed by atoms with E-state index in [4.69, 9.17) is 0 Å². The first-order valence-corrected chi connectivity index (χ1v) is 9.21. The number of nitrogens with zero attached hydrogens (tertiary/aromatic N) is 2. The summed E-state index contributed by atoms with van der Waals surface area (Å²) in [5.74, 6) is 0. The van der Waals surface area contributed by atoms with E-state index in [1.54, 1.807) is 16.6 Å². The zero-order valence-corrected chi connectivity index (χ0v) is 14.7. The lowest BCUT2D eigenvalue weighted by Crippen LogP contribution is -2.37. The molecule has 0 saturated carbocycles. The summed E-state index contributed by atoms with van der Waals surface area (Å²) in [6.45, 7) is 9.96. The fourth-order valence-corrected chi connectivity index (χ4v) is 4.28. The zero-order chi connectivity index (χ0) is 16.0. The molecule has 0 fully saturated rings. The summed E-state index contributed by atoms with van der Waals surface area (Å²) in [4.78, 5) is 0.406. The van der Waals surface area contributed by atoms with Crippen LogP contribution < -0.4 is 5.32 Å². The third-order valence-corrected chi connectivity index (χ3v) is 5.84. The summed E-state index contributed by atoms with van der Waals surface area (Å²) in [6.07, 6.45) is 3.57. The van der Waals surface area contributed by atoms with E-state index in [0.29, 0.717) is 18.0 Å². The molecule has 0 amide bonds. The SMILES string of the molecule is CCCn1cc(S(=O)(=O)N(CC)C(C)CC)cc1CNC. The Hall–Kier alpha value is -0.850. The Morgan fingerprint density at radius 3 is 2.48 bits per heavy atom. The van der Waals surface area contributed by atoms with Crippen molar-refractivity contribution in [1.29, 1.82) is 0 Å². The van der Waals surface area contributed by atoms with Crippen LogP contribution in [0.4, 0.5) is 0 Å². The van der Waals surface area contributed by atoms with Crippen LogP contribution in [0.25, 0.3) is 0 Å². The summed E-state index contributed by atoms with van der Waals surface area (Å²) in [5.41, 5.74) is 1.01. The molecule has 0 bridgehead atoms. The van der Waals surface area contributed by atoms with Crippen LogP contribution in [0, 0.1) is 0 Å². The van der Waals surface area contributed by atoms with Gasteiger partial charge in [-0.05, 0) is 32.9 Å². The van der Waals surface area contributed by atoms with E-state index < -0.39 is 10.0 Å². The van der Waals surface area contributed by atoms with Gasteiger partial charge in [0.25, 0.3) is 0 Å². The largest absolute Gasteiger partial charge is 0.349 e. The maximum Gasteiger partial charge on any atom is 0.244 e. The van der Waals surface area contributed by atoms with Gasteiger partial charge in [0.05, 0.1) is 0 Å². The fourth-order valence-electron chi connectivity index (χ4n) is 2.50. The number of sulfonamides is 1. The van der Waals surface area contributed by atoms with E-state index in [1.807, 2.05) is 32.4 Å². The standard InChI is InChI=1S/C15H29N3O2S/c1-6-9-17-12-15(10-14(17)11-16-5)21(19,20)18(8-3)13(4)7-2/h10,12-13,16H,6-9,11H2,1-5H3. The van der Waals surface area contributed by atoms with Crippen LogP contribution in [0.3, 0.4) is 0 Å². The molecule has 122 valence electrons.